The summed E-state index contributed by atoms with van der Waals surface area (Å²) in [6.45, 7) is 1.80. The van der Waals surface area contributed by atoms with Crippen molar-refractivity contribution in [2.75, 3.05) is 0 Å². The number of aryl methyl sites for hydroxylation is 1. The van der Waals surface area contributed by atoms with E-state index in [2.05, 4.69) is 0 Å². The second-order valence-electron chi connectivity index (χ2n) is 4.47. The van der Waals surface area contributed by atoms with Gasteiger partial charge in [-0.3, -0.25) is 4.79 Å². The highest BCUT2D eigenvalue weighted by atomic mass is 16.4. The van der Waals surface area contributed by atoms with Crippen molar-refractivity contribution in [1.82, 2.24) is 0 Å². The van der Waals surface area contributed by atoms with Gasteiger partial charge in [0.1, 0.15) is 11.8 Å². The van der Waals surface area contributed by atoms with Crippen LogP contribution >= 0.6 is 0 Å². The van der Waals surface area contributed by atoms with Gasteiger partial charge in [0.05, 0.1) is 0 Å². The van der Waals surface area contributed by atoms with Crippen LogP contribution in [0, 0.1) is 6.92 Å². The molecule has 4 N–H and O–H groups in total. The number of rotatable bonds is 3. The highest BCUT2D eigenvalue weighted by molar-refractivity contribution is 5.77. The maximum absolute atomic E-state index is 10.9. The summed E-state index contributed by atoms with van der Waals surface area (Å²) >= 11 is 0. The largest absolute Gasteiger partial charge is 0.508 e. The Labute approximate surface area is 93.7 Å². The predicted octanol–water partition coefficient (Wildman–Crippen LogP) is 1.14. The van der Waals surface area contributed by atoms with Gasteiger partial charge in [0.2, 0.25) is 0 Å². The molecule has 0 saturated heterocycles. The molecule has 0 heterocycles. The van der Waals surface area contributed by atoms with Crippen molar-refractivity contribution >= 4 is 5.97 Å². The lowest BCUT2D eigenvalue weighted by Gasteiger charge is -2.20. The number of carbonyl (C=O) groups is 1. The number of carboxylic acids is 1. The molecule has 1 saturated carbocycles. The van der Waals surface area contributed by atoms with E-state index in [0.717, 1.165) is 24.0 Å². The molecule has 4 heteroatoms. The molecule has 16 heavy (non-hydrogen) atoms. The summed E-state index contributed by atoms with van der Waals surface area (Å²) in [6, 6.07) is 4.38. The fraction of sp³-hybridized carbons (Fsp3) is 0.417. The van der Waals surface area contributed by atoms with E-state index < -0.39 is 17.4 Å². The van der Waals surface area contributed by atoms with Crippen molar-refractivity contribution < 1.29 is 15.0 Å². The summed E-state index contributed by atoms with van der Waals surface area (Å²) in [5, 5.41) is 18.6. The first-order valence-corrected chi connectivity index (χ1v) is 5.26. The second kappa shape index (κ2) is 3.49. The molecule has 86 valence electrons. The van der Waals surface area contributed by atoms with Gasteiger partial charge < -0.3 is 15.9 Å². The summed E-state index contributed by atoms with van der Waals surface area (Å²) in [7, 11) is 0. The van der Waals surface area contributed by atoms with Gasteiger partial charge in [0.25, 0.3) is 0 Å². The summed E-state index contributed by atoms with van der Waals surface area (Å²) in [5.41, 5.74) is 6.83. The smallest absolute Gasteiger partial charge is 0.321 e. The number of aromatic hydroxyl groups is 1. The van der Waals surface area contributed by atoms with Gasteiger partial charge in [0.15, 0.2) is 0 Å². The van der Waals surface area contributed by atoms with Crippen molar-refractivity contribution in [2.24, 2.45) is 5.73 Å². The molecule has 1 atom stereocenters. The van der Waals surface area contributed by atoms with Gasteiger partial charge in [-0.1, -0.05) is 12.1 Å². The number of phenols is 1. The lowest BCUT2D eigenvalue weighted by Crippen LogP contribution is -2.41. The first-order valence-electron chi connectivity index (χ1n) is 5.26. The zero-order valence-electron chi connectivity index (χ0n) is 9.10. The fourth-order valence-corrected chi connectivity index (χ4v) is 2.07. The van der Waals surface area contributed by atoms with E-state index in [-0.39, 0.29) is 5.75 Å². The molecule has 1 fully saturated rings. The molecule has 1 aliphatic carbocycles. The average molecular weight is 221 g/mol. The third-order valence-electron chi connectivity index (χ3n) is 3.43. The molecular weight excluding hydrogens is 206 g/mol. The molecule has 1 aliphatic rings. The number of carboxylic acid groups (broad SMARTS) is 1. The molecule has 1 aromatic rings. The normalized spacial score (nSPS) is 19.1. The zero-order chi connectivity index (χ0) is 11.9. The van der Waals surface area contributed by atoms with Crippen molar-refractivity contribution in [3.05, 3.63) is 29.3 Å². The number of phenolic OH excluding ortho intramolecular Hbond substituents is 1. The van der Waals surface area contributed by atoms with E-state index in [1.54, 1.807) is 19.1 Å². The highest BCUT2D eigenvalue weighted by Crippen LogP contribution is 2.51. The Morgan fingerprint density at radius 1 is 1.50 bits per heavy atom. The zero-order valence-corrected chi connectivity index (χ0v) is 9.10. The Balaban J connectivity index is 2.37. The van der Waals surface area contributed by atoms with Crippen LogP contribution in [0.1, 0.15) is 24.0 Å². The molecule has 4 nitrogen and oxygen atoms in total. The topological polar surface area (TPSA) is 83.6 Å². The molecule has 1 unspecified atom stereocenters. The van der Waals surface area contributed by atoms with Crippen LogP contribution in [0.5, 0.6) is 5.75 Å². The molecule has 0 spiro atoms. The number of aliphatic carboxylic acids is 1. The van der Waals surface area contributed by atoms with Crippen molar-refractivity contribution in [1.29, 1.82) is 0 Å². The lowest BCUT2D eigenvalue weighted by molar-refractivity contribution is -0.139. The molecule has 1 aromatic carbocycles. The van der Waals surface area contributed by atoms with Gasteiger partial charge in [0, 0.05) is 5.41 Å². The summed E-state index contributed by atoms with van der Waals surface area (Å²) < 4.78 is 0. The summed E-state index contributed by atoms with van der Waals surface area (Å²) in [4.78, 5) is 10.9. The van der Waals surface area contributed by atoms with Crippen molar-refractivity contribution in [3.8, 4) is 5.75 Å². The molecule has 2 rings (SSSR count). The second-order valence-corrected chi connectivity index (χ2v) is 4.47. The van der Waals surface area contributed by atoms with Crippen molar-refractivity contribution in [3.63, 3.8) is 0 Å². The van der Waals surface area contributed by atoms with Gasteiger partial charge in [-0.05, 0) is 37.0 Å². The minimum Gasteiger partial charge on any atom is -0.508 e. The standard InChI is InChI=1S/C12H15NO3/c1-7-2-3-8(6-9(7)14)12(4-5-12)10(13)11(15)16/h2-3,6,10,14H,4-5,13H2,1H3,(H,15,16). The van der Waals surface area contributed by atoms with Crippen LogP contribution in [0.15, 0.2) is 18.2 Å². The minimum atomic E-state index is -0.988. The van der Waals surface area contributed by atoms with E-state index in [1.807, 2.05) is 6.07 Å². The van der Waals surface area contributed by atoms with Gasteiger partial charge in [-0.25, -0.2) is 0 Å². The molecule has 0 radical (unpaired) electrons. The van der Waals surface area contributed by atoms with E-state index in [4.69, 9.17) is 10.8 Å². The third kappa shape index (κ3) is 1.55. The van der Waals surface area contributed by atoms with E-state index in [1.165, 1.54) is 0 Å². The Morgan fingerprint density at radius 3 is 2.56 bits per heavy atom. The van der Waals surface area contributed by atoms with E-state index in [0.29, 0.717) is 0 Å². The van der Waals surface area contributed by atoms with Gasteiger partial charge in [-0.2, -0.15) is 0 Å². The minimum absolute atomic E-state index is 0.196. The van der Waals surface area contributed by atoms with E-state index in [9.17, 15) is 9.90 Å². The molecule has 0 aliphatic heterocycles. The van der Waals surface area contributed by atoms with Gasteiger partial charge >= 0.3 is 5.97 Å². The number of nitrogens with two attached hydrogens (primary N) is 1. The SMILES string of the molecule is Cc1ccc(C2(C(N)C(=O)O)CC2)cc1O. The van der Waals surface area contributed by atoms with Crippen LogP contribution in [0.4, 0.5) is 0 Å². The van der Waals surface area contributed by atoms with Crippen molar-refractivity contribution in [2.45, 2.75) is 31.2 Å². The Kier molecular flexibility index (Phi) is 2.39. The fourth-order valence-electron chi connectivity index (χ4n) is 2.07. The van der Waals surface area contributed by atoms with Crippen LogP contribution in [-0.4, -0.2) is 22.2 Å². The highest BCUT2D eigenvalue weighted by Gasteiger charge is 2.52. The maximum Gasteiger partial charge on any atom is 0.321 e. The number of hydrogen-bond donors (Lipinski definition) is 3. The Hall–Kier alpha value is -1.55. The quantitative estimate of drug-likeness (QED) is 0.714. The summed E-state index contributed by atoms with van der Waals surface area (Å²) in [5.74, 6) is -0.793. The van der Waals surface area contributed by atoms with Crippen LogP contribution < -0.4 is 5.73 Å². The maximum atomic E-state index is 10.9. The van der Waals surface area contributed by atoms with E-state index >= 15 is 0 Å². The van der Waals surface area contributed by atoms with Crippen LogP contribution in [0.25, 0.3) is 0 Å². The lowest BCUT2D eigenvalue weighted by atomic mass is 9.88. The number of benzene rings is 1. The predicted molar refractivity (Wildman–Crippen MR) is 59.4 cm³/mol. The molecular formula is C12H15NO3. The van der Waals surface area contributed by atoms with Gasteiger partial charge in [-0.15, -0.1) is 0 Å². The molecule has 0 amide bonds. The monoisotopic (exact) mass is 221 g/mol. The Bertz CT molecular complexity index is 438. The summed E-state index contributed by atoms with van der Waals surface area (Å²) in [6.07, 6.45) is 1.53. The molecule has 0 aromatic heterocycles. The first kappa shape index (κ1) is 11.0. The molecule has 0 bridgehead atoms. The number of hydrogen-bond acceptors (Lipinski definition) is 3. The Morgan fingerprint density at radius 2 is 2.12 bits per heavy atom. The third-order valence-corrected chi connectivity index (χ3v) is 3.43. The van der Waals surface area contributed by atoms with Crippen LogP contribution in [0.2, 0.25) is 0 Å². The van der Waals surface area contributed by atoms with Crippen LogP contribution in [-0.2, 0) is 10.2 Å². The first-order chi connectivity index (χ1) is 7.47. The average Bonchev–Trinajstić information content (AvgIpc) is 3.02. The van der Waals surface area contributed by atoms with Crippen LogP contribution in [0.3, 0.4) is 0 Å².